The summed E-state index contributed by atoms with van der Waals surface area (Å²) in [5, 5.41) is 20.9. The maximum Gasteiger partial charge on any atom is 0.352 e. The number of ether oxygens (including phenoxy) is 1. The number of halogens is 3. The van der Waals surface area contributed by atoms with E-state index in [1.165, 1.54) is 0 Å². The Bertz CT molecular complexity index is 1620. The molecule has 11 heteroatoms. The van der Waals surface area contributed by atoms with Gasteiger partial charge in [0.1, 0.15) is 11.4 Å². The first-order chi connectivity index (χ1) is 20.1. The van der Waals surface area contributed by atoms with E-state index < -0.39 is 5.97 Å². The molecular formula is C32H40Cl3N5O3. The van der Waals surface area contributed by atoms with E-state index in [1.54, 1.807) is 0 Å². The van der Waals surface area contributed by atoms with Crippen molar-refractivity contribution in [1.82, 2.24) is 24.6 Å². The summed E-state index contributed by atoms with van der Waals surface area (Å²) in [4.78, 5) is 15.3. The van der Waals surface area contributed by atoms with Crippen molar-refractivity contribution in [2.24, 2.45) is 7.05 Å². The zero-order valence-corrected chi connectivity index (χ0v) is 27.7. The van der Waals surface area contributed by atoms with Gasteiger partial charge in [-0.15, -0.1) is 12.4 Å². The number of carbonyl (C=O) groups is 1. The quantitative estimate of drug-likeness (QED) is 0.188. The molecule has 1 fully saturated rings. The summed E-state index contributed by atoms with van der Waals surface area (Å²) < 4.78 is 9.91. The van der Waals surface area contributed by atoms with E-state index in [2.05, 4.69) is 15.3 Å². The number of carboxylic acids is 1. The SMILES string of the molecule is Cc1cc(OCCCc2c(C(=O)O)n(CCN3CCNCC3)c3c(-c4c(C)nn(C)c4C)c(Cl)ccc23)cc(C)c1Cl.Cl. The number of rotatable bonds is 10. The van der Waals surface area contributed by atoms with Crippen molar-refractivity contribution in [3.63, 3.8) is 0 Å². The first kappa shape index (κ1) is 33.1. The van der Waals surface area contributed by atoms with Crippen molar-refractivity contribution in [2.75, 3.05) is 39.3 Å². The van der Waals surface area contributed by atoms with Gasteiger partial charge in [0.2, 0.25) is 0 Å². The molecule has 3 heterocycles. The first-order valence-corrected chi connectivity index (χ1v) is 15.2. The van der Waals surface area contributed by atoms with Crippen LogP contribution in [-0.2, 0) is 20.0 Å². The number of carboxylic acid groups (broad SMARTS) is 1. The molecule has 2 N–H and O–H groups in total. The molecule has 0 saturated carbocycles. The molecule has 5 rings (SSSR count). The van der Waals surface area contributed by atoms with Crippen LogP contribution in [0.3, 0.4) is 0 Å². The number of nitrogens with zero attached hydrogens (tertiary/aromatic N) is 4. The van der Waals surface area contributed by atoms with Crippen LogP contribution in [0.15, 0.2) is 24.3 Å². The van der Waals surface area contributed by atoms with E-state index in [1.807, 2.05) is 68.3 Å². The molecule has 232 valence electrons. The number of hydrogen-bond acceptors (Lipinski definition) is 5. The number of hydrogen-bond donors (Lipinski definition) is 2. The molecule has 0 amide bonds. The molecule has 0 bridgehead atoms. The second-order valence-corrected chi connectivity index (χ2v) is 12.0. The minimum Gasteiger partial charge on any atom is -0.494 e. The first-order valence-electron chi connectivity index (χ1n) is 14.5. The molecule has 1 aliphatic heterocycles. The highest BCUT2D eigenvalue weighted by Crippen LogP contribution is 2.42. The molecule has 1 saturated heterocycles. The Labute approximate surface area is 269 Å². The number of aromatic carboxylic acids is 1. The molecule has 0 radical (unpaired) electrons. The highest BCUT2D eigenvalue weighted by atomic mass is 35.5. The number of benzene rings is 2. The van der Waals surface area contributed by atoms with E-state index in [9.17, 15) is 9.90 Å². The fourth-order valence-electron chi connectivity index (χ4n) is 6.19. The van der Waals surface area contributed by atoms with Crippen molar-refractivity contribution < 1.29 is 14.6 Å². The van der Waals surface area contributed by atoms with Crippen LogP contribution in [0.5, 0.6) is 5.75 Å². The fraction of sp³-hybridized carbons (Fsp3) is 0.438. The Kier molecular flexibility index (Phi) is 10.7. The van der Waals surface area contributed by atoms with Gasteiger partial charge in [-0.2, -0.15) is 5.10 Å². The Morgan fingerprint density at radius 1 is 1.05 bits per heavy atom. The third kappa shape index (κ3) is 6.69. The number of aromatic nitrogens is 3. The summed E-state index contributed by atoms with van der Waals surface area (Å²) in [5.41, 5.74) is 7.56. The smallest absolute Gasteiger partial charge is 0.352 e. The van der Waals surface area contributed by atoms with Gasteiger partial charge in [0.05, 0.1) is 22.8 Å². The summed E-state index contributed by atoms with van der Waals surface area (Å²) in [6, 6.07) is 7.73. The van der Waals surface area contributed by atoms with Crippen molar-refractivity contribution >= 4 is 52.5 Å². The van der Waals surface area contributed by atoms with Crippen LogP contribution in [0.4, 0.5) is 0 Å². The lowest BCUT2D eigenvalue weighted by molar-refractivity contribution is 0.0683. The monoisotopic (exact) mass is 647 g/mol. The Morgan fingerprint density at radius 3 is 2.33 bits per heavy atom. The van der Waals surface area contributed by atoms with Gasteiger partial charge < -0.3 is 19.7 Å². The van der Waals surface area contributed by atoms with Crippen LogP contribution in [0, 0.1) is 27.7 Å². The average molecular weight is 649 g/mol. The zero-order valence-electron chi connectivity index (χ0n) is 25.4. The van der Waals surface area contributed by atoms with Gasteiger partial charge in [-0.05, 0) is 75.4 Å². The summed E-state index contributed by atoms with van der Waals surface area (Å²) in [5.74, 6) is -0.170. The van der Waals surface area contributed by atoms with Crippen LogP contribution < -0.4 is 10.1 Å². The average Bonchev–Trinajstić information content (AvgIpc) is 3.41. The second kappa shape index (κ2) is 13.9. The maximum absolute atomic E-state index is 13.0. The largest absolute Gasteiger partial charge is 0.494 e. The van der Waals surface area contributed by atoms with E-state index >= 15 is 0 Å². The van der Waals surface area contributed by atoms with Crippen LogP contribution in [-0.4, -0.2) is 69.7 Å². The van der Waals surface area contributed by atoms with Gasteiger partial charge in [0.25, 0.3) is 0 Å². The van der Waals surface area contributed by atoms with Gasteiger partial charge in [0.15, 0.2) is 0 Å². The van der Waals surface area contributed by atoms with Crippen LogP contribution in [0.2, 0.25) is 10.0 Å². The predicted octanol–water partition coefficient (Wildman–Crippen LogP) is 6.62. The number of fused-ring (bicyclic) bond motifs is 1. The number of piperazine rings is 1. The van der Waals surface area contributed by atoms with E-state index in [4.69, 9.17) is 27.9 Å². The Balaban J connectivity index is 0.00000423. The molecule has 2 aromatic carbocycles. The summed E-state index contributed by atoms with van der Waals surface area (Å²) in [6.07, 6.45) is 1.21. The lowest BCUT2D eigenvalue weighted by atomic mass is 9.98. The van der Waals surface area contributed by atoms with Crippen molar-refractivity contribution in [3.8, 4) is 16.9 Å². The van der Waals surface area contributed by atoms with Gasteiger partial charge in [-0.1, -0.05) is 29.3 Å². The normalized spacial score (nSPS) is 13.8. The maximum atomic E-state index is 13.0. The third-order valence-corrected chi connectivity index (χ3v) is 9.25. The van der Waals surface area contributed by atoms with Gasteiger partial charge in [-0.25, -0.2) is 4.79 Å². The Hall–Kier alpha value is -2.75. The van der Waals surface area contributed by atoms with Crippen molar-refractivity contribution in [1.29, 1.82) is 0 Å². The van der Waals surface area contributed by atoms with E-state index in [-0.39, 0.29) is 12.4 Å². The number of nitrogens with one attached hydrogen (secondary N) is 1. The topological polar surface area (TPSA) is 84.6 Å². The Morgan fingerprint density at radius 2 is 1.72 bits per heavy atom. The lowest BCUT2D eigenvalue weighted by Crippen LogP contribution is -2.44. The fourth-order valence-corrected chi connectivity index (χ4v) is 6.55. The van der Waals surface area contributed by atoms with Crippen LogP contribution in [0.25, 0.3) is 22.0 Å². The molecule has 0 unspecified atom stereocenters. The van der Waals surface area contributed by atoms with Gasteiger partial charge in [0, 0.05) is 73.5 Å². The molecule has 8 nitrogen and oxygen atoms in total. The van der Waals surface area contributed by atoms with E-state index in [0.717, 1.165) is 93.6 Å². The molecule has 4 aromatic rings. The molecular weight excluding hydrogens is 609 g/mol. The minimum absolute atomic E-state index is 0. The third-order valence-electron chi connectivity index (χ3n) is 8.34. The number of aryl methyl sites for hydroxylation is 5. The van der Waals surface area contributed by atoms with Gasteiger partial charge in [-0.3, -0.25) is 9.58 Å². The second-order valence-electron chi connectivity index (χ2n) is 11.2. The van der Waals surface area contributed by atoms with Gasteiger partial charge >= 0.3 is 5.97 Å². The lowest BCUT2D eigenvalue weighted by Gasteiger charge is -2.27. The molecule has 0 spiro atoms. The van der Waals surface area contributed by atoms with Crippen LogP contribution in [0.1, 0.15) is 45.0 Å². The summed E-state index contributed by atoms with van der Waals surface area (Å²) in [6.45, 7) is 13.4. The molecule has 0 atom stereocenters. The molecule has 2 aromatic heterocycles. The molecule has 0 aliphatic carbocycles. The molecule has 1 aliphatic rings. The predicted molar refractivity (Wildman–Crippen MR) is 177 cm³/mol. The highest BCUT2D eigenvalue weighted by Gasteiger charge is 2.28. The minimum atomic E-state index is -0.937. The van der Waals surface area contributed by atoms with E-state index in [0.29, 0.717) is 36.7 Å². The van der Waals surface area contributed by atoms with Crippen LogP contribution >= 0.6 is 35.6 Å². The summed E-state index contributed by atoms with van der Waals surface area (Å²) in [7, 11) is 1.92. The zero-order chi connectivity index (χ0) is 30.1. The standard InChI is InChI=1S/C32H39Cl2N5O3.ClH/c1-19-17-23(18-20(2)29(19)34)42-16-6-7-24-25-8-9-26(33)28(27-21(3)36-37(5)22(27)4)30(25)39(31(24)32(40)41)15-14-38-12-10-35-11-13-38;/h8-9,17-18,35H,6-7,10-16H2,1-5H3,(H,40,41);1H. The van der Waals surface area contributed by atoms with Crippen molar-refractivity contribution in [2.45, 2.75) is 47.1 Å². The highest BCUT2D eigenvalue weighted by molar-refractivity contribution is 6.35. The molecule has 43 heavy (non-hydrogen) atoms. The van der Waals surface area contributed by atoms with Crippen molar-refractivity contribution in [3.05, 3.63) is 68.1 Å². The summed E-state index contributed by atoms with van der Waals surface area (Å²) >= 11 is 13.3.